The van der Waals surface area contributed by atoms with Crippen LogP contribution in [0.5, 0.6) is 0 Å². The summed E-state index contributed by atoms with van der Waals surface area (Å²) in [6, 6.07) is 8.27. The van der Waals surface area contributed by atoms with E-state index < -0.39 is 0 Å². The number of rotatable bonds is 4. The molecule has 14 heavy (non-hydrogen) atoms. The fourth-order valence-electron chi connectivity index (χ4n) is 1.78. The molecule has 0 amide bonds. The largest absolute Gasteiger partial charge is 0.330 e. The van der Waals surface area contributed by atoms with Crippen molar-refractivity contribution in [1.29, 1.82) is 0 Å². The smallest absolute Gasteiger partial charge is 0.130 e. The zero-order valence-electron chi connectivity index (χ0n) is 8.20. The van der Waals surface area contributed by atoms with Crippen molar-refractivity contribution in [1.82, 2.24) is 0 Å². The summed E-state index contributed by atoms with van der Waals surface area (Å²) in [6.45, 7) is 0.679. The average Bonchev–Trinajstić information content (AvgIpc) is 3.00. The molecule has 1 aliphatic rings. The number of carbonyl (C=O) groups excluding carboxylic acids is 1. The van der Waals surface area contributed by atoms with Gasteiger partial charge in [-0.1, -0.05) is 24.3 Å². The Morgan fingerprint density at radius 1 is 1.29 bits per heavy atom. The second-order valence-corrected chi connectivity index (χ2v) is 4.01. The van der Waals surface area contributed by atoms with Gasteiger partial charge in [-0.05, 0) is 36.9 Å². The maximum Gasteiger partial charge on any atom is 0.130 e. The Bertz CT molecular complexity index is 325. The summed E-state index contributed by atoms with van der Waals surface area (Å²) in [5.41, 5.74) is 7.74. The Hall–Kier alpha value is -1.15. The van der Waals surface area contributed by atoms with E-state index in [4.69, 9.17) is 5.73 Å². The zero-order valence-corrected chi connectivity index (χ0v) is 8.20. The second kappa shape index (κ2) is 3.54. The molecule has 0 heterocycles. The van der Waals surface area contributed by atoms with E-state index in [1.165, 1.54) is 5.56 Å². The lowest BCUT2D eigenvalue weighted by Gasteiger charge is -2.07. The molecule has 2 N–H and O–H groups in total. The van der Waals surface area contributed by atoms with Crippen molar-refractivity contribution >= 4 is 6.29 Å². The fourth-order valence-corrected chi connectivity index (χ4v) is 1.78. The molecule has 0 spiro atoms. The topological polar surface area (TPSA) is 43.1 Å². The van der Waals surface area contributed by atoms with Gasteiger partial charge in [0.15, 0.2) is 0 Å². The zero-order chi connectivity index (χ0) is 10.0. The molecule has 0 atom stereocenters. The van der Waals surface area contributed by atoms with Crippen LogP contribution in [-0.4, -0.2) is 12.8 Å². The molecule has 0 radical (unpaired) electrons. The molecule has 2 nitrogen and oxygen atoms in total. The standard InChI is InChI=1S/C12H15NO/c13-8-5-10-1-3-11(4-2-10)12(9-14)6-7-12/h1-4,9H,5-8,13H2. The molecule has 1 aromatic rings. The lowest BCUT2D eigenvalue weighted by atomic mass is 9.96. The Morgan fingerprint density at radius 3 is 2.36 bits per heavy atom. The molecule has 2 heteroatoms. The van der Waals surface area contributed by atoms with E-state index in [1.54, 1.807) is 0 Å². The first-order chi connectivity index (χ1) is 6.80. The lowest BCUT2D eigenvalue weighted by molar-refractivity contribution is -0.109. The van der Waals surface area contributed by atoms with Crippen LogP contribution in [0.1, 0.15) is 24.0 Å². The molecule has 0 aromatic heterocycles. The van der Waals surface area contributed by atoms with Gasteiger partial charge in [0.05, 0.1) is 5.41 Å². The first kappa shape index (κ1) is 9.41. The summed E-state index contributed by atoms with van der Waals surface area (Å²) in [5.74, 6) is 0. The van der Waals surface area contributed by atoms with Crippen LogP contribution in [0.15, 0.2) is 24.3 Å². The molecular weight excluding hydrogens is 174 g/mol. The van der Waals surface area contributed by atoms with Crippen LogP contribution in [0.25, 0.3) is 0 Å². The minimum atomic E-state index is -0.138. The van der Waals surface area contributed by atoms with Crippen LogP contribution in [0.3, 0.4) is 0 Å². The third-order valence-corrected chi connectivity index (χ3v) is 2.98. The summed E-state index contributed by atoms with van der Waals surface area (Å²) in [6.07, 6.45) is 4.01. The molecule has 1 aliphatic carbocycles. The normalized spacial score (nSPS) is 17.8. The number of aldehydes is 1. The van der Waals surface area contributed by atoms with E-state index in [9.17, 15) is 4.79 Å². The van der Waals surface area contributed by atoms with Crippen LogP contribution in [0, 0.1) is 0 Å². The van der Waals surface area contributed by atoms with Crippen molar-refractivity contribution in [3.05, 3.63) is 35.4 Å². The van der Waals surface area contributed by atoms with Gasteiger partial charge in [-0.3, -0.25) is 0 Å². The average molecular weight is 189 g/mol. The first-order valence-corrected chi connectivity index (χ1v) is 5.06. The molecule has 74 valence electrons. The lowest BCUT2D eigenvalue weighted by Crippen LogP contribution is -2.08. The number of benzene rings is 1. The minimum Gasteiger partial charge on any atom is -0.330 e. The van der Waals surface area contributed by atoms with E-state index in [-0.39, 0.29) is 5.41 Å². The van der Waals surface area contributed by atoms with Gasteiger partial charge < -0.3 is 10.5 Å². The maximum atomic E-state index is 10.9. The molecule has 1 saturated carbocycles. The highest BCUT2D eigenvalue weighted by Crippen LogP contribution is 2.46. The minimum absolute atomic E-state index is 0.138. The van der Waals surface area contributed by atoms with Crippen LogP contribution >= 0.6 is 0 Å². The van der Waals surface area contributed by atoms with Crippen LogP contribution in [0.4, 0.5) is 0 Å². The molecule has 2 rings (SSSR count). The van der Waals surface area contributed by atoms with E-state index >= 15 is 0 Å². The number of hydrogen-bond acceptors (Lipinski definition) is 2. The van der Waals surface area contributed by atoms with Gasteiger partial charge >= 0.3 is 0 Å². The van der Waals surface area contributed by atoms with Gasteiger partial charge in [0.1, 0.15) is 6.29 Å². The molecule has 0 aliphatic heterocycles. The summed E-state index contributed by atoms with van der Waals surface area (Å²) in [4.78, 5) is 10.9. The van der Waals surface area contributed by atoms with Crippen LogP contribution in [-0.2, 0) is 16.6 Å². The monoisotopic (exact) mass is 189 g/mol. The maximum absolute atomic E-state index is 10.9. The molecule has 0 saturated heterocycles. The van der Waals surface area contributed by atoms with Crippen LogP contribution in [0.2, 0.25) is 0 Å². The van der Waals surface area contributed by atoms with Crippen molar-refractivity contribution < 1.29 is 4.79 Å². The van der Waals surface area contributed by atoms with E-state index in [0.29, 0.717) is 6.54 Å². The number of nitrogens with two attached hydrogens (primary N) is 1. The Labute approximate surface area is 84.1 Å². The van der Waals surface area contributed by atoms with Crippen molar-refractivity contribution in [3.63, 3.8) is 0 Å². The predicted molar refractivity (Wildman–Crippen MR) is 56.2 cm³/mol. The van der Waals surface area contributed by atoms with Crippen molar-refractivity contribution in [2.45, 2.75) is 24.7 Å². The Balaban J connectivity index is 2.18. The number of hydrogen-bond donors (Lipinski definition) is 1. The molecule has 0 unspecified atom stereocenters. The van der Waals surface area contributed by atoms with Gasteiger partial charge in [-0.2, -0.15) is 0 Å². The fraction of sp³-hybridized carbons (Fsp3) is 0.417. The summed E-state index contributed by atoms with van der Waals surface area (Å²) >= 11 is 0. The van der Waals surface area contributed by atoms with Gasteiger partial charge in [0.25, 0.3) is 0 Å². The first-order valence-electron chi connectivity index (χ1n) is 5.06. The van der Waals surface area contributed by atoms with E-state index in [1.807, 2.05) is 0 Å². The molecule has 1 aromatic carbocycles. The summed E-state index contributed by atoms with van der Waals surface area (Å²) < 4.78 is 0. The third-order valence-electron chi connectivity index (χ3n) is 2.98. The highest BCUT2D eigenvalue weighted by molar-refractivity contribution is 5.73. The number of carbonyl (C=O) groups is 1. The Kier molecular flexibility index (Phi) is 2.38. The van der Waals surface area contributed by atoms with Crippen molar-refractivity contribution in [2.75, 3.05) is 6.54 Å². The highest BCUT2D eigenvalue weighted by atomic mass is 16.1. The van der Waals surface area contributed by atoms with Gasteiger partial charge in [-0.25, -0.2) is 0 Å². The highest BCUT2D eigenvalue weighted by Gasteiger charge is 2.43. The predicted octanol–water partition coefficient (Wildman–Crippen LogP) is 1.42. The summed E-state index contributed by atoms with van der Waals surface area (Å²) in [5, 5.41) is 0. The SMILES string of the molecule is NCCc1ccc(C2(C=O)CC2)cc1. The molecule has 0 bridgehead atoms. The van der Waals surface area contributed by atoms with E-state index in [0.717, 1.165) is 31.1 Å². The Morgan fingerprint density at radius 2 is 1.93 bits per heavy atom. The van der Waals surface area contributed by atoms with E-state index in [2.05, 4.69) is 24.3 Å². The summed E-state index contributed by atoms with van der Waals surface area (Å²) in [7, 11) is 0. The van der Waals surface area contributed by atoms with Gasteiger partial charge in [0, 0.05) is 0 Å². The van der Waals surface area contributed by atoms with Crippen molar-refractivity contribution in [3.8, 4) is 0 Å². The molecular formula is C12H15NO. The third kappa shape index (κ3) is 1.58. The second-order valence-electron chi connectivity index (χ2n) is 4.01. The molecule has 1 fully saturated rings. The van der Waals surface area contributed by atoms with Crippen molar-refractivity contribution in [2.24, 2.45) is 5.73 Å². The van der Waals surface area contributed by atoms with Gasteiger partial charge in [-0.15, -0.1) is 0 Å². The quantitative estimate of drug-likeness (QED) is 0.728. The van der Waals surface area contributed by atoms with Gasteiger partial charge in [0.2, 0.25) is 0 Å². The van der Waals surface area contributed by atoms with Crippen LogP contribution < -0.4 is 5.73 Å².